The third-order valence-corrected chi connectivity index (χ3v) is 3.72. The molecule has 140 valence electrons. The van der Waals surface area contributed by atoms with Crippen molar-refractivity contribution < 1.29 is 28.8 Å². The molecule has 0 radical (unpaired) electrons. The molecule has 2 rings (SSSR count). The van der Waals surface area contributed by atoms with Gasteiger partial charge in [-0.05, 0) is 19.1 Å². The quantitative estimate of drug-likeness (QED) is 0.422. The lowest BCUT2D eigenvalue weighted by Crippen LogP contribution is -2.53. The van der Waals surface area contributed by atoms with Crippen molar-refractivity contribution >= 4 is 23.7 Å². The van der Waals surface area contributed by atoms with Crippen LogP contribution < -0.4 is 4.74 Å². The summed E-state index contributed by atoms with van der Waals surface area (Å²) in [6, 6.07) is 5.07. The van der Waals surface area contributed by atoms with Crippen LogP contribution in [0.2, 0.25) is 0 Å². The smallest absolute Gasteiger partial charge is 0.415 e. The molecule has 0 aliphatic carbocycles. The monoisotopic (exact) mass is 365 g/mol. The average Bonchev–Trinajstić information content (AvgIpc) is 2.61. The molecule has 0 atom stereocenters. The van der Waals surface area contributed by atoms with E-state index in [2.05, 4.69) is 0 Å². The van der Waals surface area contributed by atoms with Crippen molar-refractivity contribution in [2.75, 3.05) is 32.8 Å². The number of piperazine rings is 1. The molecule has 0 spiro atoms. The molecule has 1 heterocycles. The van der Waals surface area contributed by atoms with Crippen molar-refractivity contribution in [3.05, 3.63) is 34.4 Å². The minimum atomic E-state index is -0.711. The Morgan fingerprint density at radius 3 is 2.50 bits per heavy atom. The number of hydrogen-bond acceptors (Lipinski definition) is 7. The number of amides is 2. The topological polar surface area (TPSA) is 119 Å². The van der Waals surface area contributed by atoms with Crippen LogP contribution in [0.1, 0.15) is 13.3 Å². The van der Waals surface area contributed by atoms with Crippen LogP contribution >= 0.6 is 0 Å². The van der Waals surface area contributed by atoms with Crippen molar-refractivity contribution in [2.24, 2.45) is 0 Å². The van der Waals surface area contributed by atoms with Gasteiger partial charge in [-0.2, -0.15) is 0 Å². The van der Waals surface area contributed by atoms with E-state index in [-0.39, 0.29) is 62.5 Å². The highest BCUT2D eigenvalue weighted by Crippen LogP contribution is 2.18. The van der Waals surface area contributed by atoms with Crippen LogP contribution in [0.25, 0.3) is 0 Å². The fourth-order valence-corrected chi connectivity index (χ4v) is 2.36. The Bertz CT molecular complexity index is 690. The third kappa shape index (κ3) is 5.16. The molecule has 10 heteroatoms. The van der Waals surface area contributed by atoms with E-state index in [1.165, 1.54) is 34.1 Å². The number of non-ortho nitro benzene ring substituents is 1. The molecule has 0 saturated carbocycles. The second-order valence-electron chi connectivity index (χ2n) is 5.48. The molecule has 1 fully saturated rings. The van der Waals surface area contributed by atoms with Crippen LogP contribution in [0.5, 0.6) is 5.75 Å². The lowest BCUT2D eigenvalue weighted by Gasteiger charge is -2.33. The van der Waals surface area contributed by atoms with Crippen molar-refractivity contribution in [2.45, 2.75) is 13.3 Å². The molecule has 0 N–H and O–H groups in total. The number of rotatable bonds is 6. The molecule has 1 aromatic carbocycles. The third-order valence-electron chi connectivity index (χ3n) is 3.72. The lowest BCUT2D eigenvalue weighted by atomic mass is 10.3. The van der Waals surface area contributed by atoms with Crippen LogP contribution in [-0.4, -0.2) is 65.5 Å². The van der Waals surface area contributed by atoms with Crippen LogP contribution in [-0.2, 0) is 14.3 Å². The van der Waals surface area contributed by atoms with Crippen molar-refractivity contribution in [1.82, 2.24) is 9.80 Å². The maximum atomic E-state index is 12.1. The molecule has 0 unspecified atom stereocenters. The van der Waals surface area contributed by atoms with E-state index in [4.69, 9.17) is 9.47 Å². The summed E-state index contributed by atoms with van der Waals surface area (Å²) in [5.41, 5.74) is -0.116. The highest BCUT2D eigenvalue weighted by Gasteiger charge is 2.28. The van der Waals surface area contributed by atoms with Crippen molar-refractivity contribution in [1.29, 1.82) is 0 Å². The summed E-state index contributed by atoms with van der Waals surface area (Å²) in [5, 5.41) is 10.6. The Labute approximate surface area is 149 Å². The van der Waals surface area contributed by atoms with Gasteiger partial charge >= 0.3 is 12.1 Å². The molecule has 0 aromatic heterocycles. The Hall–Kier alpha value is -3.17. The summed E-state index contributed by atoms with van der Waals surface area (Å²) in [6.45, 7) is 2.62. The largest absolute Gasteiger partial charge is 0.466 e. The van der Waals surface area contributed by atoms with E-state index in [0.717, 1.165) is 0 Å². The number of hydrogen-bond donors (Lipinski definition) is 0. The van der Waals surface area contributed by atoms with Gasteiger partial charge in [0.15, 0.2) is 0 Å². The molecule has 2 amide bonds. The number of nitrogens with zero attached hydrogens (tertiary/aromatic N) is 3. The molecule has 1 aliphatic rings. The van der Waals surface area contributed by atoms with Gasteiger partial charge in [-0.1, -0.05) is 0 Å². The van der Waals surface area contributed by atoms with Gasteiger partial charge in [0.05, 0.1) is 18.0 Å². The van der Waals surface area contributed by atoms with E-state index in [1.807, 2.05) is 0 Å². The molecule has 1 aliphatic heterocycles. The number of esters is 1. The fourth-order valence-electron chi connectivity index (χ4n) is 2.36. The zero-order chi connectivity index (χ0) is 19.1. The lowest BCUT2D eigenvalue weighted by molar-refractivity contribution is -0.384. The first-order valence-electron chi connectivity index (χ1n) is 8.05. The molecule has 1 aromatic rings. The first kappa shape index (κ1) is 19.2. The summed E-state index contributed by atoms with van der Waals surface area (Å²) in [4.78, 5) is 48.3. The van der Waals surface area contributed by atoms with Gasteiger partial charge in [-0.25, -0.2) is 4.79 Å². The summed E-state index contributed by atoms with van der Waals surface area (Å²) in [6.07, 6.45) is -0.607. The Morgan fingerprint density at radius 2 is 1.92 bits per heavy atom. The van der Waals surface area contributed by atoms with Crippen molar-refractivity contribution in [3.8, 4) is 5.75 Å². The molecular formula is C16H19N3O7. The van der Waals surface area contributed by atoms with Crippen LogP contribution in [0, 0.1) is 10.1 Å². The summed E-state index contributed by atoms with van der Waals surface area (Å²) < 4.78 is 9.94. The number of ether oxygens (including phenoxy) is 2. The van der Waals surface area contributed by atoms with Gasteiger partial charge in [0.2, 0.25) is 5.91 Å². The van der Waals surface area contributed by atoms with E-state index in [0.29, 0.717) is 0 Å². The Balaban J connectivity index is 1.83. The molecule has 1 saturated heterocycles. The molecule has 10 nitrogen and oxygen atoms in total. The van der Waals surface area contributed by atoms with E-state index in [9.17, 15) is 24.5 Å². The van der Waals surface area contributed by atoms with Gasteiger partial charge < -0.3 is 14.4 Å². The number of nitro groups is 1. The van der Waals surface area contributed by atoms with Crippen molar-refractivity contribution in [3.63, 3.8) is 0 Å². The summed E-state index contributed by atoms with van der Waals surface area (Å²) >= 11 is 0. The number of nitro benzene ring substituents is 1. The van der Waals surface area contributed by atoms with Gasteiger partial charge in [0, 0.05) is 31.8 Å². The van der Waals surface area contributed by atoms with Gasteiger partial charge in [-0.15, -0.1) is 0 Å². The Kier molecular flexibility index (Phi) is 6.48. The minimum Gasteiger partial charge on any atom is -0.466 e. The number of carbonyl (C=O) groups excluding carboxylic acids is 3. The minimum absolute atomic E-state index is 0.104. The second-order valence-corrected chi connectivity index (χ2v) is 5.48. The SMILES string of the molecule is CCOC(=O)CCN1CCN(C(=O)Oc2ccc([N+](=O)[O-])cc2)CC1=O. The highest BCUT2D eigenvalue weighted by atomic mass is 16.6. The zero-order valence-electron chi connectivity index (χ0n) is 14.3. The van der Waals surface area contributed by atoms with E-state index in [1.54, 1.807) is 6.92 Å². The Morgan fingerprint density at radius 1 is 1.23 bits per heavy atom. The maximum Gasteiger partial charge on any atom is 0.415 e. The van der Waals surface area contributed by atoms with Gasteiger partial charge in [-0.3, -0.25) is 24.6 Å². The maximum absolute atomic E-state index is 12.1. The molecule has 0 bridgehead atoms. The number of carbonyl (C=O) groups is 3. The predicted octanol–water partition coefficient (Wildman–Crippen LogP) is 1.19. The van der Waals surface area contributed by atoms with E-state index < -0.39 is 11.0 Å². The second kappa shape index (κ2) is 8.79. The molecular weight excluding hydrogens is 346 g/mol. The van der Waals surface area contributed by atoms with Gasteiger partial charge in [0.25, 0.3) is 5.69 Å². The first-order valence-corrected chi connectivity index (χ1v) is 8.05. The van der Waals surface area contributed by atoms with Crippen LogP contribution in [0.4, 0.5) is 10.5 Å². The summed E-state index contributed by atoms with van der Waals surface area (Å²) in [7, 11) is 0. The predicted molar refractivity (Wildman–Crippen MR) is 88.5 cm³/mol. The fraction of sp³-hybridized carbons (Fsp3) is 0.438. The average molecular weight is 365 g/mol. The van der Waals surface area contributed by atoms with Crippen LogP contribution in [0.3, 0.4) is 0 Å². The first-order chi connectivity index (χ1) is 12.4. The highest BCUT2D eigenvalue weighted by molar-refractivity contribution is 5.84. The zero-order valence-corrected chi connectivity index (χ0v) is 14.3. The van der Waals surface area contributed by atoms with Crippen LogP contribution in [0.15, 0.2) is 24.3 Å². The normalized spacial score (nSPS) is 14.1. The summed E-state index contributed by atoms with van der Waals surface area (Å²) in [5.74, 6) is -0.515. The number of benzene rings is 1. The van der Waals surface area contributed by atoms with Gasteiger partial charge in [0.1, 0.15) is 12.3 Å². The molecule has 26 heavy (non-hydrogen) atoms. The standard InChI is InChI=1S/C16H19N3O7/c1-2-25-15(21)7-8-17-9-10-18(11-14(17)20)16(22)26-13-5-3-12(4-6-13)19(23)24/h3-6H,2,7-11H2,1H3. The van der Waals surface area contributed by atoms with E-state index >= 15 is 0 Å².